The Morgan fingerprint density at radius 1 is 1.25 bits per heavy atom. The Balaban J connectivity index is 2.99. The zero-order valence-electron chi connectivity index (χ0n) is 10.2. The zero-order valence-corrected chi connectivity index (χ0v) is 11.8. The van der Waals surface area contributed by atoms with Crippen molar-refractivity contribution in [2.24, 2.45) is 11.8 Å². The molecule has 1 rings (SSSR count). The molecule has 0 aromatic heterocycles. The summed E-state index contributed by atoms with van der Waals surface area (Å²) in [4.78, 5) is 0. The van der Waals surface area contributed by atoms with Crippen LogP contribution in [-0.4, -0.2) is 7.05 Å². The number of hydrogen-bond donors (Lipinski definition) is 1. The average Bonchev–Trinajstić information content (AvgIpc) is 2.24. The van der Waals surface area contributed by atoms with Gasteiger partial charge in [-0.25, -0.2) is 4.39 Å². The van der Waals surface area contributed by atoms with Crippen LogP contribution in [0.2, 0.25) is 0 Å². The van der Waals surface area contributed by atoms with E-state index in [0.29, 0.717) is 16.3 Å². The van der Waals surface area contributed by atoms with E-state index in [-0.39, 0.29) is 11.9 Å². The lowest BCUT2D eigenvalue weighted by Gasteiger charge is -2.27. The summed E-state index contributed by atoms with van der Waals surface area (Å²) in [7, 11) is 1.95. The molecule has 0 aliphatic carbocycles. The van der Waals surface area contributed by atoms with Crippen LogP contribution in [0.15, 0.2) is 22.7 Å². The Morgan fingerprint density at radius 3 is 2.31 bits per heavy atom. The molecule has 1 nitrogen and oxygen atoms in total. The van der Waals surface area contributed by atoms with E-state index < -0.39 is 0 Å². The Hall–Kier alpha value is -0.410. The molecule has 16 heavy (non-hydrogen) atoms. The third-order valence-electron chi connectivity index (χ3n) is 3.19. The van der Waals surface area contributed by atoms with E-state index >= 15 is 0 Å². The lowest BCUT2D eigenvalue weighted by atomic mass is 9.86. The van der Waals surface area contributed by atoms with E-state index in [9.17, 15) is 4.39 Å². The van der Waals surface area contributed by atoms with Gasteiger partial charge >= 0.3 is 0 Å². The molecule has 2 unspecified atom stereocenters. The van der Waals surface area contributed by atoms with E-state index in [1.54, 1.807) is 0 Å². The maximum absolute atomic E-state index is 13.2. The number of halogens is 2. The van der Waals surface area contributed by atoms with Gasteiger partial charge in [-0.3, -0.25) is 0 Å². The Morgan fingerprint density at radius 2 is 1.88 bits per heavy atom. The molecule has 0 aliphatic heterocycles. The molecule has 90 valence electrons. The normalized spacial score (nSPS) is 15.2. The molecule has 0 saturated heterocycles. The van der Waals surface area contributed by atoms with Crippen LogP contribution in [0.5, 0.6) is 0 Å². The maximum atomic E-state index is 13.2. The van der Waals surface area contributed by atoms with Crippen molar-refractivity contribution in [3.63, 3.8) is 0 Å². The van der Waals surface area contributed by atoms with Crippen LogP contribution < -0.4 is 5.32 Å². The molecule has 0 radical (unpaired) electrons. The summed E-state index contributed by atoms with van der Waals surface area (Å²) in [5, 5.41) is 3.30. The fraction of sp³-hybridized carbons (Fsp3) is 0.538. The SMILES string of the molecule is CNC(c1ccc(F)c(Br)c1)C(C)C(C)C. The summed E-state index contributed by atoms with van der Waals surface area (Å²) in [5.74, 6) is 0.874. The molecule has 0 fully saturated rings. The largest absolute Gasteiger partial charge is 0.313 e. The quantitative estimate of drug-likeness (QED) is 0.878. The number of benzene rings is 1. The second-order valence-electron chi connectivity index (χ2n) is 4.54. The predicted molar refractivity (Wildman–Crippen MR) is 69.9 cm³/mol. The minimum absolute atomic E-state index is 0.212. The van der Waals surface area contributed by atoms with Crippen molar-refractivity contribution in [1.82, 2.24) is 5.32 Å². The summed E-state index contributed by atoms with van der Waals surface area (Å²) in [6.07, 6.45) is 0. The van der Waals surface area contributed by atoms with Crippen LogP contribution in [0.3, 0.4) is 0 Å². The van der Waals surface area contributed by atoms with Crippen LogP contribution in [-0.2, 0) is 0 Å². The van der Waals surface area contributed by atoms with E-state index in [0.717, 1.165) is 5.56 Å². The Bertz CT molecular complexity index is 352. The second kappa shape index (κ2) is 5.78. The molecule has 0 saturated carbocycles. The molecular weight excluding hydrogens is 269 g/mol. The molecule has 2 atom stereocenters. The van der Waals surface area contributed by atoms with Gasteiger partial charge in [-0.1, -0.05) is 26.8 Å². The van der Waals surface area contributed by atoms with Gasteiger partial charge in [-0.2, -0.15) is 0 Å². The topological polar surface area (TPSA) is 12.0 Å². The summed E-state index contributed by atoms with van der Waals surface area (Å²) in [6, 6.07) is 5.48. The number of nitrogens with one attached hydrogen (secondary N) is 1. The molecular formula is C13H19BrFN. The van der Waals surface area contributed by atoms with E-state index in [4.69, 9.17) is 0 Å². The van der Waals surface area contributed by atoms with Gasteiger partial charge in [-0.05, 0) is 52.5 Å². The molecule has 0 spiro atoms. The first-order chi connectivity index (χ1) is 7.47. The molecule has 1 aromatic carbocycles. The second-order valence-corrected chi connectivity index (χ2v) is 5.40. The van der Waals surface area contributed by atoms with Crippen molar-refractivity contribution in [2.75, 3.05) is 7.05 Å². The average molecular weight is 288 g/mol. The van der Waals surface area contributed by atoms with Crippen molar-refractivity contribution in [2.45, 2.75) is 26.8 Å². The molecule has 1 aromatic rings. The highest BCUT2D eigenvalue weighted by atomic mass is 79.9. The van der Waals surface area contributed by atoms with Crippen LogP contribution in [0.1, 0.15) is 32.4 Å². The van der Waals surface area contributed by atoms with Gasteiger partial charge in [0.15, 0.2) is 0 Å². The third kappa shape index (κ3) is 3.05. The summed E-state index contributed by atoms with van der Waals surface area (Å²) in [5.41, 5.74) is 1.12. The zero-order chi connectivity index (χ0) is 12.3. The van der Waals surface area contributed by atoms with Gasteiger partial charge < -0.3 is 5.32 Å². The van der Waals surface area contributed by atoms with Gasteiger partial charge in [0, 0.05) is 6.04 Å². The Labute approximate surface area is 106 Å². The first-order valence-electron chi connectivity index (χ1n) is 5.59. The fourth-order valence-electron chi connectivity index (χ4n) is 1.82. The lowest BCUT2D eigenvalue weighted by molar-refractivity contribution is 0.317. The fourth-order valence-corrected chi connectivity index (χ4v) is 2.22. The van der Waals surface area contributed by atoms with Crippen molar-refractivity contribution in [3.05, 3.63) is 34.1 Å². The highest BCUT2D eigenvalue weighted by molar-refractivity contribution is 9.10. The van der Waals surface area contributed by atoms with Crippen molar-refractivity contribution in [1.29, 1.82) is 0 Å². The van der Waals surface area contributed by atoms with Gasteiger partial charge in [-0.15, -0.1) is 0 Å². The molecule has 0 amide bonds. The smallest absolute Gasteiger partial charge is 0.137 e. The van der Waals surface area contributed by atoms with E-state index in [2.05, 4.69) is 42.0 Å². The van der Waals surface area contributed by atoms with Crippen LogP contribution in [0.4, 0.5) is 4.39 Å². The lowest BCUT2D eigenvalue weighted by Crippen LogP contribution is -2.26. The van der Waals surface area contributed by atoms with E-state index in [1.807, 2.05) is 19.2 Å². The standard InChI is InChI=1S/C13H19BrFN/c1-8(2)9(3)13(16-4)10-5-6-12(15)11(14)7-10/h5-9,13,16H,1-4H3. The third-order valence-corrected chi connectivity index (χ3v) is 3.80. The van der Waals surface area contributed by atoms with Crippen molar-refractivity contribution >= 4 is 15.9 Å². The molecule has 1 N–H and O–H groups in total. The highest BCUT2D eigenvalue weighted by Gasteiger charge is 2.20. The van der Waals surface area contributed by atoms with Gasteiger partial charge in [0.25, 0.3) is 0 Å². The molecule has 0 heterocycles. The number of hydrogen-bond acceptors (Lipinski definition) is 1. The van der Waals surface area contributed by atoms with E-state index in [1.165, 1.54) is 6.07 Å². The highest BCUT2D eigenvalue weighted by Crippen LogP contribution is 2.29. The minimum atomic E-state index is -0.212. The van der Waals surface area contributed by atoms with Gasteiger partial charge in [0.2, 0.25) is 0 Å². The minimum Gasteiger partial charge on any atom is -0.313 e. The molecule has 0 bridgehead atoms. The Kier molecular flexibility index (Phi) is 4.93. The maximum Gasteiger partial charge on any atom is 0.137 e. The van der Waals surface area contributed by atoms with Crippen molar-refractivity contribution in [3.8, 4) is 0 Å². The van der Waals surface area contributed by atoms with Crippen molar-refractivity contribution < 1.29 is 4.39 Å². The first kappa shape index (κ1) is 13.7. The summed E-state index contributed by atoms with van der Waals surface area (Å²) in [6.45, 7) is 6.62. The van der Waals surface area contributed by atoms with Gasteiger partial charge in [0.05, 0.1) is 4.47 Å². The van der Waals surface area contributed by atoms with Crippen LogP contribution >= 0.6 is 15.9 Å². The molecule has 3 heteroatoms. The van der Waals surface area contributed by atoms with Crippen LogP contribution in [0.25, 0.3) is 0 Å². The predicted octanol–water partition coefficient (Wildman–Crippen LogP) is 4.14. The summed E-state index contributed by atoms with van der Waals surface area (Å²) >= 11 is 3.23. The molecule has 0 aliphatic rings. The van der Waals surface area contributed by atoms with Crippen LogP contribution in [0, 0.1) is 17.7 Å². The number of rotatable bonds is 4. The first-order valence-corrected chi connectivity index (χ1v) is 6.39. The monoisotopic (exact) mass is 287 g/mol. The summed E-state index contributed by atoms with van der Waals surface area (Å²) < 4.78 is 13.7. The van der Waals surface area contributed by atoms with Gasteiger partial charge in [0.1, 0.15) is 5.82 Å².